The Morgan fingerprint density at radius 1 is 1.14 bits per heavy atom. The summed E-state index contributed by atoms with van der Waals surface area (Å²) in [6.07, 6.45) is 0.583. The van der Waals surface area contributed by atoms with Crippen LogP contribution in [0.1, 0.15) is 31.4 Å². The molecule has 0 aliphatic carbocycles. The Morgan fingerprint density at radius 3 is 2.38 bits per heavy atom. The fourth-order valence-corrected chi connectivity index (χ4v) is 3.84. The second-order valence-electron chi connectivity index (χ2n) is 7.14. The molecule has 9 heteroatoms. The number of benzene rings is 2. The molecule has 2 aromatic rings. The third kappa shape index (κ3) is 6.37. The molecule has 0 atom stereocenters. The molecule has 0 aromatic heterocycles. The third-order valence-corrected chi connectivity index (χ3v) is 5.77. The van der Waals surface area contributed by atoms with Gasteiger partial charge < -0.3 is 5.32 Å². The normalized spacial score (nSPS) is 11.4. The molecule has 0 bridgehead atoms. The molecular formula is C20H25N3O5S. The van der Waals surface area contributed by atoms with Crippen LogP contribution in [-0.4, -0.2) is 25.8 Å². The van der Waals surface area contributed by atoms with Gasteiger partial charge in [-0.05, 0) is 43.0 Å². The van der Waals surface area contributed by atoms with E-state index < -0.39 is 14.9 Å². The van der Waals surface area contributed by atoms with Crippen LogP contribution in [0, 0.1) is 23.0 Å². The van der Waals surface area contributed by atoms with E-state index in [0.29, 0.717) is 24.2 Å². The van der Waals surface area contributed by atoms with Crippen molar-refractivity contribution in [3.8, 4) is 0 Å². The SMILES string of the molecule is Cc1c(NC(=O)CCc2ccc(S(=O)(=O)NCC(C)C)cc2)cccc1[N+](=O)[O-]. The quantitative estimate of drug-likeness (QED) is 0.477. The lowest BCUT2D eigenvalue weighted by Gasteiger charge is -2.10. The highest BCUT2D eigenvalue weighted by atomic mass is 32.2. The van der Waals surface area contributed by atoms with Crippen molar-refractivity contribution in [2.24, 2.45) is 5.92 Å². The fourth-order valence-electron chi connectivity index (χ4n) is 2.62. The van der Waals surface area contributed by atoms with Gasteiger partial charge in [-0.25, -0.2) is 13.1 Å². The number of nitro benzene ring substituents is 1. The molecule has 2 N–H and O–H groups in total. The number of aryl methyl sites for hydroxylation is 1. The standard InChI is InChI=1S/C20H25N3O5S/c1-14(2)13-21-29(27,28)17-10-7-16(8-11-17)9-12-20(24)22-18-5-4-6-19(15(18)3)23(25)26/h4-8,10-11,14,21H,9,12-13H2,1-3H3,(H,22,24). The summed E-state index contributed by atoms with van der Waals surface area (Å²) in [4.78, 5) is 22.9. The number of sulfonamides is 1. The van der Waals surface area contributed by atoms with Crippen molar-refractivity contribution in [2.75, 3.05) is 11.9 Å². The van der Waals surface area contributed by atoms with Crippen LogP contribution in [0.5, 0.6) is 0 Å². The van der Waals surface area contributed by atoms with Crippen LogP contribution in [-0.2, 0) is 21.2 Å². The van der Waals surface area contributed by atoms with Gasteiger partial charge in [0.15, 0.2) is 0 Å². The summed E-state index contributed by atoms with van der Waals surface area (Å²) in [5.74, 6) is -0.0684. The van der Waals surface area contributed by atoms with Crippen LogP contribution in [0.3, 0.4) is 0 Å². The van der Waals surface area contributed by atoms with E-state index in [1.165, 1.54) is 24.3 Å². The molecule has 0 saturated heterocycles. The van der Waals surface area contributed by atoms with Crippen molar-refractivity contribution in [3.63, 3.8) is 0 Å². The second-order valence-corrected chi connectivity index (χ2v) is 8.91. The zero-order valence-corrected chi connectivity index (χ0v) is 17.5. The molecule has 2 aromatic carbocycles. The zero-order chi connectivity index (χ0) is 21.6. The highest BCUT2D eigenvalue weighted by Crippen LogP contribution is 2.25. The summed E-state index contributed by atoms with van der Waals surface area (Å²) in [6, 6.07) is 10.9. The van der Waals surface area contributed by atoms with E-state index in [9.17, 15) is 23.3 Å². The van der Waals surface area contributed by atoms with Gasteiger partial charge in [-0.15, -0.1) is 0 Å². The highest BCUT2D eigenvalue weighted by molar-refractivity contribution is 7.89. The first-order valence-electron chi connectivity index (χ1n) is 9.22. The minimum atomic E-state index is -3.54. The van der Waals surface area contributed by atoms with E-state index in [2.05, 4.69) is 10.0 Å². The van der Waals surface area contributed by atoms with Crippen molar-refractivity contribution in [3.05, 3.63) is 63.7 Å². The average Bonchev–Trinajstić information content (AvgIpc) is 2.66. The molecule has 0 unspecified atom stereocenters. The van der Waals surface area contributed by atoms with Gasteiger partial charge >= 0.3 is 0 Å². The minimum absolute atomic E-state index is 0.0503. The number of nitro groups is 1. The molecular weight excluding hydrogens is 394 g/mol. The first-order valence-corrected chi connectivity index (χ1v) is 10.7. The number of rotatable bonds is 9. The number of carbonyl (C=O) groups is 1. The Kier molecular flexibility index (Phi) is 7.46. The highest BCUT2D eigenvalue weighted by Gasteiger charge is 2.16. The van der Waals surface area contributed by atoms with Crippen molar-refractivity contribution in [1.29, 1.82) is 0 Å². The van der Waals surface area contributed by atoms with Gasteiger partial charge in [0, 0.05) is 19.0 Å². The van der Waals surface area contributed by atoms with Crippen LogP contribution >= 0.6 is 0 Å². The Labute approximate surface area is 170 Å². The largest absolute Gasteiger partial charge is 0.326 e. The molecule has 2 rings (SSSR count). The Morgan fingerprint density at radius 2 is 1.79 bits per heavy atom. The lowest BCUT2D eigenvalue weighted by atomic mass is 10.1. The number of nitrogens with zero attached hydrogens (tertiary/aromatic N) is 1. The van der Waals surface area contributed by atoms with E-state index in [0.717, 1.165) is 5.56 Å². The second kappa shape index (κ2) is 9.62. The van der Waals surface area contributed by atoms with Crippen molar-refractivity contribution in [1.82, 2.24) is 4.72 Å². The summed E-state index contributed by atoms with van der Waals surface area (Å²) in [5, 5.41) is 13.7. The molecule has 0 heterocycles. The van der Waals surface area contributed by atoms with Gasteiger partial charge in [-0.1, -0.05) is 32.0 Å². The molecule has 0 aliphatic rings. The van der Waals surface area contributed by atoms with Crippen LogP contribution in [0.2, 0.25) is 0 Å². The number of carbonyl (C=O) groups excluding carboxylic acids is 1. The minimum Gasteiger partial charge on any atom is -0.326 e. The molecule has 1 amide bonds. The number of amides is 1. The van der Waals surface area contributed by atoms with Gasteiger partial charge in [0.25, 0.3) is 5.69 Å². The van der Waals surface area contributed by atoms with E-state index in [4.69, 9.17) is 0 Å². The van der Waals surface area contributed by atoms with Gasteiger partial charge in [0.2, 0.25) is 15.9 Å². The third-order valence-electron chi connectivity index (χ3n) is 4.33. The van der Waals surface area contributed by atoms with E-state index >= 15 is 0 Å². The van der Waals surface area contributed by atoms with Gasteiger partial charge in [-0.3, -0.25) is 14.9 Å². The Balaban J connectivity index is 1.96. The molecule has 29 heavy (non-hydrogen) atoms. The topological polar surface area (TPSA) is 118 Å². The fraction of sp³-hybridized carbons (Fsp3) is 0.350. The van der Waals surface area contributed by atoms with E-state index in [1.807, 2.05) is 13.8 Å². The van der Waals surface area contributed by atoms with Crippen molar-refractivity contribution < 1.29 is 18.1 Å². The maximum atomic E-state index is 12.2. The van der Waals surface area contributed by atoms with Crippen molar-refractivity contribution in [2.45, 2.75) is 38.5 Å². The zero-order valence-electron chi connectivity index (χ0n) is 16.6. The van der Waals surface area contributed by atoms with Crippen LogP contribution in [0.15, 0.2) is 47.4 Å². The summed E-state index contributed by atoms with van der Waals surface area (Å²) in [7, 11) is -3.54. The lowest BCUT2D eigenvalue weighted by molar-refractivity contribution is -0.385. The number of hydrogen-bond acceptors (Lipinski definition) is 5. The van der Waals surface area contributed by atoms with Crippen LogP contribution < -0.4 is 10.0 Å². The summed E-state index contributed by atoms with van der Waals surface area (Å²) < 4.78 is 27.0. The first kappa shape index (κ1) is 22.5. The predicted molar refractivity (Wildman–Crippen MR) is 111 cm³/mol. The molecule has 0 radical (unpaired) electrons. The molecule has 8 nitrogen and oxygen atoms in total. The first-order chi connectivity index (χ1) is 13.6. The van der Waals surface area contributed by atoms with Crippen LogP contribution in [0.25, 0.3) is 0 Å². The molecule has 0 spiro atoms. The molecule has 156 valence electrons. The number of hydrogen-bond donors (Lipinski definition) is 2. The predicted octanol–water partition coefficient (Wildman–Crippen LogP) is 3.41. The number of anilines is 1. The van der Waals surface area contributed by atoms with Crippen molar-refractivity contribution >= 4 is 27.3 Å². The van der Waals surface area contributed by atoms with E-state index in [1.54, 1.807) is 25.1 Å². The summed E-state index contributed by atoms with van der Waals surface area (Å²) in [6.45, 7) is 5.79. The Hall–Kier alpha value is -2.78. The lowest BCUT2D eigenvalue weighted by Crippen LogP contribution is -2.27. The molecule has 0 saturated carbocycles. The van der Waals surface area contributed by atoms with Gasteiger partial charge in [0.1, 0.15) is 0 Å². The summed E-state index contributed by atoms with van der Waals surface area (Å²) >= 11 is 0. The summed E-state index contributed by atoms with van der Waals surface area (Å²) in [5.41, 5.74) is 1.57. The van der Waals surface area contributed by atoms with E-state index in [-0.39, 0.29) is 28.8 Å². The van der Waals surface area contributed by atoms with Gasteiger partial charge in [-0.2, -0.15) is 0 Å². The average molecular weight is 420 g/mol. The number of nitrogens with one attached hydrogen (secondary N) is 2. The van der Waals surface area contributed by atoms with Crippen LogP contribution in [0.4, 0.5) is 11.4 Å². The smallest absolute Gasteiger partial charge is 0.274 e. The monoisotopic (exact) mass is 419 g/mol. The maximum absolute atomic E-state index is 12.2. The van der Waals surface area contributed by atoms with Gasteiger partial charge in [0.05, 0.1) is 21.1 Å². The molecule has 0 aliphatic heterocycles. The molecule has 0 fully saturated rings. The maximum Gasteiger partial charge on any atom is 0.274 e. The Bertz CT molecular complexity index is 986.